The Morgan fingerprint density at radius 2 is 1.66 bits per heavy atom. The van der Waals surface area contributed by atoms with Gasteiger partial charge in [-0.25, -0.2) is 4.39 Å². The fourth-order valence-corrected chi connectivity index (χ4v) is 6.03. The molecule has 3 aromatic carbocycles. The third-order valence-electron chi connectivity index (χ3n) is 7.02. The van der Waals surface area contributed by atoms with Crippen molar-refractivity contribution in [3.8, 4) is 5.75 Å². The normalized spacial score (nSPS) is 14.8. The van der Waals surface area contributed by atoms with Gasteiger partial charge in [0.05, 0.1) is 18.8 Å². The predicted molar refractivity (Wildman–Crippen MR) is 153 cm³/mol. The third kappa shape index (κ3) is 5.59. The summed E-state index contributed by atoms with van der Waals surface area (Å²) in [6.45, 7) is 5.07. The number of ether oxygens (including phenoxy) is 1. The number of aryl methyl sites for hydroxylation is 1. The van der Waals surface area contributed by atoms with Crippen LogP contribution in [0.1, 0.15) is 39.3 Å². The quantitative estimate of drug-likeness (QED) is 0.279. The van der Waals surface area contributed by atoms with Crippen molar-refractivity contribution in [3.05, 3.63) is 112 Å². The van der Waals surface area contributed by atoms with Crippen LogP contribution in [0.3, 0.4) is 0 Å². The van der Waals surface area contributed by atoms with E-state index >= 15 is 0 Å². The van der Waals surface area contributed by atoms with Gasteiger partial charge in [-0.3, -0.25) is 9.69 Å². The third-order valence-corrected chi connectivity index (χ3v) is 8.23. The number of halogens is 1. The largest absolute Gasteiger partial charge is 0.497 e. The minimum Gasteiger partial charge on any atom is -0.497 e. The van der Waals surface area contributed by atoms with Gasteiger partial charge >= 0.3 is 0 Å². The average molecular weight is 530 g/mol. The number of carbonyl (C=O) groups excluding carboxylic acids is 1. The van der Waals surface area contributed by atoms with Crippen molar-refractivity contribution in [2.45, 2.75) is 19.4 Å². The molecule has 5 nitrogen and oxygen atoms in total. The van der Waals surface area contributed by atoms with E-state index in [1.54, 1.807) is 24.5 Å². The number of hydrogen-bond donors (Lipinski definition) is 1. The Morgan fingerprint density at radius 3 is 2.32 bits per heavy atom. The molecule has 1 atom stereocenters. The first kappa shape index (κ1) is 25.9. The molecule has 0 saturated carbocycles. The average Bonchev–Trinajstić information content (AvgIpc) is 3.37. The molecule has 1 aliphatic heterocycles. The molecule has 0 spiro atoms. The number of nitrogens with zero attached hydrogens (tertiary/aromatic N) is 2. The molecule has 1 amide bonds. The maximum Gasteiger partial charge on any atom is 0.256 e. The molecule has 1 aliphatic rings. The van der Waals surface area contributed by atoms with E-state index in [0.29, 0.717) is 24.3 Å². The molecule has 0 bridgehead atoms. The molecule has 0 aliphatic carbocycles. The fraction of sp³-hybridized carbons (Fsp3) is 0.258. The Kier molecular flexibility index (Phi) is 8.05. The number of amides is 1. The maximum atomic E-state index is 14.5. The number of hydrogen-bond acceptors (Lipinski definition) is 5. The molecule has 1 unspecified atom stereocenters. The minimum atomic E-state index is -0.191. The fourth-order valence-electron chi connectivity index (χ4n) is 5.00. The first-order valence-corrected chi connectivity index (χ1v) is 13.8. The number of nitrogens with one attached hydrogen (secondary N) is 1. The summed E-state index contributed by atoms with van der Waals surface area (Å²) >= 11 is 1.63. The molecule has 0 radical (unpaired) electrons. The number of carbonyl (C=O) groups is 1. The standard InChI is InChI=1S/C31H32FN3O2S/c1-3-25-21-26(31(38-25)33-30(36)23-9-5-4-6-10-23)29(22-13-15-24(37-2)16-14-22)35-19-17-34(18-20-35)28-12-8-7-11-27(28)32/h4-16,21,29H,3,17-20H2,1-2H3,(H,33,36). The van der Waals surface area contributed by atoms with Crippen LogP contribution >= 0.6 is 11.3 Å². The van der Waals surface area contributed by atoms with Gasteiger partial charge in [0.1, 0.15) is 16.6 Å². The molecule has 5 rings (SSSR count). The van der Waals surface area contributed by atoms with Gasteiger partial charge in [-0.1, -0.05) is 49.4 Å². The summed E-state index contributed by atoms with van der Waals surface area (Å²) in [6.07, 6.45) is 0.884. The van der Waals surface area contributed by atoms with Gasteiger partial charge in [0.2, 0.25) is 0 Å². The van der Waals surface area contributed by atoms with Crippen molar-refractivity contribution in [3.63, 3.8) is 0 Å². The lowest BCUT2D eigenvalue weighted by Gasteiger charge is -2.40. The number of thiophene rings is 1. The van der Waals surface area contributed by atoms with Gasteiger partial charge in [-0.15, -0.1) is 11.3 Å². The second kappa shape index (κ2) is 11.8. The topological polar surface area (TPSA) is 44.8 Å². The summed E-state index contributed by atoms with van der Waals surface area (Å²) in [4.78, 5) is 18.9. The summed E-state index contributed by atoms with van der Waals surface area (Å²) in [6, 6.07) is 26.6. The van der Waals surface area contributed by atoms with Gasteiger partial charge < -0.3 is 15.0 Å². The van der Waals surface area contributed by atoms with Crippen molar-refractivity contribution in [2.24, 2.45) is 0 Å². The molecular formula is C31H32FN3O2S. The zero-order valence-corrected chi connectivity index (χ0v) is 22.5. The summed E-state index contributed by atoms with van der Waals surface area (Å²) in [5, 5.41) is 4.07. The van der Waals surface area contributed by atoms with Crippen LogP contribution in [0.4, 0.5) is 15.1 Å². The minimum absolute atomic E-state index is 0.0636. The van der Waals surface area contributed by atoms with Gasteiger partial charge in [0.15, 0.2) is 0 Å². The maximum absolute atomic E-state index is 14.5. The van der Waals surface area contributed by atoms with Crippen LogP contribution in [-0.2, 0) is 6.42 Å². The first-order valence-electron chi connectivity index (χ1n) is 12.9. The molecule has 1 N–H and O–H groups in total. The summed E-state index contributed by atoms with van der Waals surface area (Å²) < 4.78 is 19.9. The Labute approximate surface area is 227 Å². The molecule has 7 heteroatoms. The number of para-hydroxylation sites is 1. The molecule has 38 heavy (non-hydrogen) atoms. The summed E-state index contributed by atoms with van der Waals surface area (Å²) in [5.74, 6) is 0.493. The number of anilines is 2. The highest BCUT2D eigenvalue weighted by molar-refractivity contribution is 7.16. The molecule has 1 fully saturated rings. The van der Waals surface area contributed by atoms with Gasteiger partial charge in [-0.05, 0) is 54.4 Å². The van der Waals surface area contributed by atoms with E-state index in [4.69, 9.17) is 4.74 Å². The highest BCUT2D eigenvalue weighted by Crippen LogP contribution is 2.40. The highest BCUT2D eigenvalue weighted by atomic mass is 32.1. The van der Waals surface area contributed by atoms with E-state index in [1.165, 1.54) is 10.9 Å². The van der Waals surface area contributed by atoms with Crippen LogP contribution in [-0.4, -0.2) is 44.1 Å². The first-order chi connectivity index (χ1) is 18.6. The zero-order chi connectivity index (χ0) is 26.5. The molecular weight excluding hydrogens is 497 g/mol. The van der Waals surface area contributed by atoms with Crippen molar-refractivity contribution in [1.82, 2.24) is 4.90 Å². The number of methoxy groups -OCH3 is 1. The van der Waals surface area contributed by atoms with E-state index in [1.807, 2.05) is 54.6 Å². The Balaban J connectivity index is 1.47. The lowest BCUT2D eigenvalue weighted by molar-refractivity contribution is 0.102. The van der Waals surface area contributed by atoms with Crippen LogP contribution in [0.15, 0.2) is 84.9 Å². The van der Waals surface area contributed by atoms with Crippen LogP contribution in [0.25, 0.3) is 0 Å². The molecule has 2 heterocycles. The second-order valence-electron chi connectivity index (χ2n) is 9.32. The Hall–Kier alpha value is -3.68. The SMILES string of the molecule is CCc1cc(C(c2ccc(OC)cc2)N2CCN(c3ccccc3F)CC2)c(NC(=O)c2ccccc2)s1. The van der Waals surface area contributed by atoms with Gasteiger partial charge in [0, 0.05) is 42.2 Å². The van der Waals surface area contributed by atoms with Crippen LogP contribution < -0.4 is 15.0 Å². The zero-order valence-electron chi connectivity index (χ0n) is 21.7. The molecule has 4 aromatic rings. The Morgan fingerprint density at radius 1 is 0.974 bits per heavy atom. The predicted octanol–water partition coefficient (Wildman–Crippen LogP) is 6.62. The summed E-state index contributed by atoms with van der Waals surface area (Å²) in [5.41, 5.74) is 3.48. The smallest absolute Gasteiger partial charge is 0.256 e. The molecule has 1 saturated heterocycles. The summed E-state index contributed by atoms with van der Waals surface area (Å²) in [7, 11) is 1.66. The lowest BCUT2D eigenvalue weighted by atomic mass is 9.97. The van der Waals surface area contributed by atoms with Crippen LogP contribution in [0.2, 0.25) is 0 Å². The Bertz CT molecular complexity index is 1370. The van der Waals surface area contributed by atoms with Gasteiger partial charge in [0.25, 0.3) is 5.91 Å². The van der Waals surface area contributed by atoms with E-state index in [9.17, 15) is 9.18 Å². The highest BCUT2D eigenvalue weighted by Gasteiger charge is 2.30. The molecule has 1 aromatic heterocycles. The molecule has 196 valence electrons. The van der Waals surface area contributed by atoms with E-state index in [2.05, 4.69) is 40.2 Å². The van der Waals surface area contributed by atoms with Crippen molar-refractivity contribution in [2.75, 3.05) is 43.5 Å². The van der Waals surface area contributed by atoms with E-state index < -0.39 is 0 Å². The van der Waals surface area contributed by atoms with E-state index in [-0.39, 0.29) is 17.8 Å². The van der Waals surface area contributed by atoms with Crippen molar-refractivity contribution >= 4 is 27.9 Å². The van der Waals surface area contributed by atoms with Crippen LogP contribution in [0.5, 0.6) is 5.75 Å². The van der Waals surface area contributed by atoms with Crippen LogP contribution in [0, 0.1) is 5.82 Å². The monoisotopic (exact) mass is 529 g/mol. The van der Waals surface area contributed by atoms with Gasteiger partial charge in [-0.2, -0.15) is 0 Å². The second-order valence-corrected chi connectivity index (χ2v) is 10.5. The van der Waals surface area contributed by atoms with E-state index in [0.717, 1.165) is 41.4 Å². The lowest BCUT2D eigenvalue weighted by Crippen LogP contribution is -2.48. The van der Waals surface area contributed by atoms with Crippen molar-refractivity contribution in [1.29, 1.82) is 0 Å². The van der Waals surface area contributed by atoms with Crippen molar-refractivity contribution < 1.29 is 13.9 Å². The number of rotatable bonds is 8. The number of benzene rings is 3. The number of piperazine rings is 1.